The van der Waals surface area contributed by atoms with Gasteiger partial charge in [0.1, 0.15) is 5.72 Å². The molecule has 152 valence electrons. The topological polar surface area (TPSA) is 29.5 Å². The van der Waals surface area contributed by atoms with Crippen molar-refractivity contribution in [1.82, 2.24) is 4.90 Å². The molecule has 1 amide bonds. The van der Waals surface area contributed by atoms with Crippen LogP contribution in [0.25, 0.3) is 0 Å². The molecule has 0 spiro atoms. The molecule has 0 N–H and O–H groups in total. The predicted molar refractivity (Wildman–Crippen MR) is 106 cm³/mol. The molecule has 4 heteroatoms. The van der Waals surface area contributed by atoms with Crippen molar-refractivity contribution in [2.24, 2.45) is 0 Å². The molecule has 3 aromatic carbocycles. The summed E-state index contributed by atoms with van der Waals surface area (Å²) in [6.45, 7) is 2.76. The van der Waals surface area contributed by atoms with Crippen molar-refractivity contribution in [1.29, 1.82) is 0 Å². The quantitative estimate of drug-likeness (QED) is 0.445. The van der Waals surface area contributed by atoms with E-state index in [9.17, 15) is 4.79 Å². The molecule has 2 heterocycles. The summed E-state index contributed by atoms with van der Waals surface area (Å²) in [6.07, 6.45) is 1.36. The van der Waals surface area contributed by atoms with Gasteiger partial charge in [-0.25, -0.2) is 12.1 Å². The van der Waals surface area contributed by atoms with Crippen LogP contribution in [0.1, 0.15) is 42.9 Å². The van der Waals surface area contributed by atoms with Crippen molar-refractivity contribution in [3.05, 3.63) is 96.1 Å². The van der Waals surface area contributed by atoms with E-state index >= 15 is 0 Å². The molecule has 1 unspecified atom stereocenters. The van der Waals surface area contributed by atoms with Crippen LogP contribution in [0.3, 0.4) is 0 Å². The van der Waals surface area contributed by atoms with Crippen LogP contribution in [-0.2, 0) is 26.6 Å². The van der Waals surface area contributed by atoms with Gasteiger partial charge >= 0.3 is 0 Å². The number of ether oxygens (including phenoxy) is 1. The predicted octanol–water partition coefficient (Wildman–Crippen LogP) is 5.00. The third-order valence-corrected chi connectivity index (χ3v) is 5.78. The van der Waals surface area contributed by atoms with Gasteiger partial charge in [0, 0.05) is 29.9 Å². The first-order valence-electron chi connectivity index (χ1n) is 9.62. The summed E-state index contributed by atoms with van der Waals surface area (Å²) >= 11 is 0. The van der Waals surface area contributed by atoms with Gasteiger partial charge in [0.25, 0.3) is 0 Å². The van der Waals surface area contributed by atoms with E-state index in [1.807, 2.05) is 65.6 Å². The first kappa shape index (κ1) is 20.6. The molecule has 0 aliphatic carbocycles. The van der Waals surface area contributed by atoms with E-state index in [0.29, 0.717) is 13.0 Å². The van der Waals surface area contributed by atoms with Crippen LogP contribution in [0, 0.1) is 0 Å². The van der Waals surface area contributed by atoms with Crippen LogP contribution in [0.5, 0.6) is 0 Å². The average Bonchev–Trinajstić information content (AvgIpc) is 3.49. The summed E-state index contributed by atoms with van der Waals surface area (Å²) in [4.78, 5) is 14.6. The molecule has 0 aromatic heterocycles. The summed E-state index contributed by atoms with van der Waals surface area (Å²) in [6, 6.07) is 28.6. The number of benzene rings is 1. The van der Waals surface area contributed by atoms with Gasteiger partial charge in [-0.1, -0.05) is 37.3 Å². The molecule has 3 nitrogen and oxygen atoms in total. The van der Waals surface area contributed by atoms with Crippen molar-refractivity contribution in [3.63, 3.8) is 0 Å². The maximum atomic E-state index is 12.6. The van der Waals surface area contributed by atoms with Crippen molar-refractivity contribution in [2.75, 3.05) is 6.61 Å². The van der Waals surface area contributed by atoms with E-state index in [2.05, 4.69) is 31.2 Å². The summed E-state index contributed by atoms with van der Waals surface area (Å²) in [5.74, 6) is 0.396. The second-order valence-corrected chi connectivity index (χ2v) is 7.25. The fourth-order valence-electron chi connectivity index (χ4n) is 4.34. The summed E-state index contributed by atoms with van der Waals surface area (Å²) in [5, 5.41) is 0. The van der Waals surface area contributed by atoms with Crippen molar-refractivity contribution >= 4 is 5.91 Å². The van der Waals surface area contributed by atoms with Crippen molar-refractivity contribution in [3.8, 4) is 0 Å². The van der Waals surface area contributed by atoms with E-state index in [4.69, 9.17) is 4.74 Å². The molecule has 0 radical (unpaired) electrons. The van der Waals surface area contributed by atoms with Crippen molar-refractivity contribution < 1.29 is 26.6 Å². The fraction of sp³-hybridized carbons (Fsp3) is 0.292. The third kappa shape index (κ3) is 3.73. The van der Waals surface area contributed by atoms with Crippen LogP contribution >= 0.6 is 0 Å². The van der Waals surface area contributed by atoms with Crippen molar-refractivity contribution in [2.45, 2.75) is 37.5 Å². The normalized spacial score (nSPS) is 24.1. The van der Waals surface area contributed by atoms with Gasteiger partial charge in [0.2, 0.25) is 5.91 Å². The maximum Gasteiger partial charge on any atom is 0.225 e. The molecule has 28 heavy (non-hydrogen) atoms. The minimum atomic E-state index is -0.480. The van der Waals surface area contributed by atoms with E-state index in [0.717, 1.165) is 12.0 Å². The molecule has 3 aromatic rings. The first-order chi connectivity index (χ1) is 13.2. The fourth-order valence-corrected chi connectivity index (χ4v) is 4.34. The zero-order valence-electron chi connectivity index (χ0n) is 16.0. The Morgan fingerprint density at radius 3 is 2.29 bits per heavy atom. The van der Waals surface area contributed by atoms with E-state index in [-0.39, 0.29) is 34.9 Å². The van der Waals surface area contributed by atoms with Gasteiger partial charge < -0.3 is 40.0 Å². The van der Waals surface area contributed by atoms with Gasteiger partial charge in [-0.3, -0.25) is 4.79 Å². The first-order valence-corrected chi connectivity index (χ1v) is 9.62. The number of carbonyl (C=O) groups is 1. The van der Waals surface area contributed by atoms with Gasteiger partial charge in [-0.15, -0.1) is 0 Å². The second-order valence-electron chi connectivity index (χ2n) is 7.25. The number of amides is 1. The Morgan fingerprint density at radius 2 is 1.68 bits per heavy atom. The number of hydrogen-bond acceptors (Lipinski definition) is 2. The van der Waals surface area contributed by atoms with Gasteiger partial charge in [0.15, 0.2) is 0 Å². The van der Waals surface area contributed by atoms with Crippen LogP contribution in [-0.4, -0.2) is 23.1 Å². The van der Waals surface area contributed by atoms with Crippen LogP contribution < -0.4 is 0 Å². The van der Waals surface area contributed by atoms with E-state index in [1.54, 1.807) is 0 Å². The molecule has 2 saturated heterocycles. The smallest absolute Gasteiger partial charge is 0.225 e. The molecular formula is C24H25FeNO2-6. The minimum Gasteiger partial charge on any atom is -0.748 e. The largest absolute Gasteiger partial charge is 0.748 e. The molecule has 5 rings (SSSR count). The SMILES string of the molecule is CC([c-]1cccc1)[C@@]12CCC(=O)N1[C@@H](c1ccccc1)CO2.[Fe].[cH-]1[cH-][cH-][cH-][cH-]1. The van der Waals surface area contributed by atoms with Gasteiger partial charge in [-0.05, 0) is 11.5 Å². The third-order valence-electron chi connectivity index (χ3n) is 5.78. The molecular weight excluding hydrogens is 390 g/mol. The Bertz CT molecular complexity index is 827. The number of fused-ring (bicyclic) bond motifs is 1. The van der Waals surface area contributed by atoms with E-state index in [1.165, 1.54) is 5.56 Å². The Labute approximate surface area is 177 Å². The average molecular weight is 415 g/mol. The number of hydrogen-bond donors (Lipinski definition) is 0. The molecule has 2 fully saturated rings. The van der Waals surface area contributed by atoms with Crippen LogP contribution in [0.2, 0.25) is 0 Å². The maximum absolute atomic E-state index is 12.6. The molecule has 0 saturated carbocycles. The summed E-state index contributed by atoms with van der Waals surface area (Å²) in [5.41, 5.74) is 1.93. The zero-order valence-corrected chi connectivity index (χ0v) is 17.1. The van der Waals surface area contributed by atoms with E-state index < -0.39 is 5.72 Å². The Hall–Kier alpha value is -2.13. The summed E-state index contributed by atoms with van der Waals surface area (Å²) in [7, 11) is 0. The monoisotopic (exact) mass is 415 g/mol. The number of rotatable bonds is 3. The van der Waals surface area contributed by atoms with Gasteiger partial charge in [-0.2, -0.15) is 17.7 Å². The summed E-state index contributed by atoms with van der Waals surface area (Å²) < 4.78 is 6.29. The Kier molecular flexibility index (Phi) is 6.56. The molecule has 2 aliphatic rings. The van der Waals surface area contributed by atoms with Gasteiger partial charge in [0.05, 0.1) is 12.6 Å². The molecule has 0 bridgehead atoms. The zero-order chi connectivity index (χ0) is 18.7. The molecule has 2 aliphatic heterocycles. The number of nitrogens with zero attached hydrogens (tertiary/aromatic N) is 1. The second kappa shape index (κ2) is 8.91. The molecule has 3 atom stereocenters. The minimum absolute atomic E-state index is 0. The van der Waals surface area contributed by atoms with Crippen LogP contribution in [0.4, 0.5) is 0 Å². The number of carbonyl (C=O) groups excluding carboxylic acids is 1. The standard InChI is InChI=1S/C19H20NO2.C5H5.Fe/c1-14(15-7-5-6-8-15)19-12-11-18(21)20(19)17(13-22-19)16-9-3-2-4-10-16;1-2-4-5-3-1;/h2-10,14,17H,11-13H2,1H3;1-5H;/q-1;-5;/t14?,17-,19+;;/m1../s1. The Balaban J connectivity index is 0.000000329. The van der Waals surface area contributed by atoms with Crippen LogP contribution in [0.15, 0.2) is 84.9 Å². The Morgan fingerprint density at radius 1 is 1.07 bits per heavy atom.